The van der Waals surface area contributed by atoms with Crippen molar-refractivity contribution in [1.82, 2.24) is 5.32 Å². The van der Waals surface area contributed by atoms with E-state index in [1.807, 2.05) is 7.05 Å². The molecule has 0 aromatic heterocycles. The van der Waals surface area contributed by atoms with Gasteiger partial charge in [0.15, 0.2) is 0 Å². The molecule has 4 heteroatoms. The first-order valence-electron chi connectivity index (χ1n) is 6.02. The highest BCUT2D eigenvalue weighted by Gasteiger charge is 2.14. The number of rotatable bonds is 3. The van der Waals surface area contributed by atoms with E-state index in [1.54, 1.807) is 0 Å². The third kappa shape index (κ3) is 3.00. The molecule has 2 rings (SSSR count). The maximum Gasteiger partial charge on any atom is 0.0642 e. The number of nitrogens with zero attached hydrogens (tertiary/aromatic N) is 1. The predicted octanol–water partition coefficient (Wildman–Crippen LogP) is 2.57. The van der Waals surface area contributed by atoms with E-state index in [2.05, 4.69) is 51.3 Å². The number of nitrogens with one attached hydrogen (secondary N) is 1. The predicted molar refractivity (Wildman–Crippen MR) is 74.6 cm³/mol. The Balaban J connectivity index is 2.18. The van der Waals surface area contributed by atoms with E-state index >= 15 is 0 Å². The maximum absolute atomic E-state index is 5.37. The zero-order chi connectivity index (χ0) is 12.3. The molecule has 1 aliphatic heterocycles. The van der Waals surface area contributed by atoms with Gasteiger partial charge in [-0.05, 0) is 47.6 Å². The van der Waals surface area contributed by atoms with E-state index in [0.29, 0.717) is 6.04 Å². The van der Waals surface area contributed by atoms with E-state index in [4.69, 9.17) is 4.74 Å². The lowest BCUT2D eigenvalue weighted by Gasteiger charge is -2.30. The molecule has 1 heterocycles. The molecule has 1 unspecified atom stereocenters. The quantitative estimate of drug-likeness (QED) is 0.928. The number of benzene rings is 1. The summed E-state index contributed by atoms with van der Waals surface area (Å²) in [6, 6.07) is 6.96. The van der Waals surface area contributed by atoms with Crippen molar-refractivity contribution in [3.05, 3.63) is 28.2 Å². The monoisotopic (exact) mass is 298 g/mol. The second-order valence-corrected chi connectivity index (χ2v) is 5.17. The van der Waals surface area contributed by atoms with Gasteiger partial charge in [0.1, 0.15) is 0 Å². The second kappa shape index (κ2) is 5.85. The topological polar surface area (TPSA) is 24.5 Å². The maximum atomic E-state index is 5.37. The number of halogens is 1. The lowest BCUT2D eigenvalue weighted by atomic mass is 10.1. The Morgan fingerprint density at radius 3 is 2.65 bits per heavy atom. The summed E-state index contributed by atoms with van der Waals surface area (Å²) in [5.41, 5.74) is 2.57. The highest BCUT2D eigenvalue weighted by Crippen LogP contribution is 2.29. The Hall–Kier alpha value is -0.580. The second-order valence-electron chi connectivity index (χ2n) is 4.32. The molecule has 0 amide bonds. The van der Waals surface area contributed by atoms with Crippen LogP contribution in [-0.2, 0) is 4.74 Å². The van der Waals surface area contributed by atoms with Crippen molar-refractivity contribution in [3.63, 3.8) is 0 Å². The van der Waals surface area contributed by atoms with Crippen molar-refractivity contribution in [3.8, 4) is 0 Å². The molecule has 3 nitrogen and oxygen atoms in total. The smallest absolute Gasteiger partial charge is 0.0642 e. The van der Waals surface area contributed by atoms with Crippen LogP contribution in [0.1, 0.15) is 18.5 Å². The first-order valence-corrected chi connectivity index (χ1v) is 6.81. The van der Waals surface area contributed by atoms with Crippen molar-refractivity contribution in [1.29, 1.82) is 0 Å². The lowest BCUT2D eigenvalue weighted by molar-refractivity contribution is 0.122. The van der Waals surface area contributed by atoms with Gasteiger partial charge in [-0.2, -0.15) is 0 Å². The van der Waals surface area contributed by atoms with Gasteiger partial charge in [-0.15, -0.1) is 0 Å². The van der Waals surface area contributed by atoms with E-state index in [1.165, 1.54) is 15.7 Å². The average Bonchev–Trinajstić information content (AvgIpc) is 2.38. The Labute approximate surface area is 111 Å². The van der Waals surface area contributed by atoms with Crippen molar-refractivity contribution < 1.29 is 4.74 Å². The molecule has 0 spiro atoms. The normalized spacial score (nSPS) is 18.2. The first-order chi connectivity index (χ1) is 8.22. The number of anilines is 1. The van der Waals surface area contributed by atoms with Crippen LogP contribution >= 0.6 is 15.9 Å². The van der Waals surface area contributed by atoms with Gasteiger partial charge in [0.2, 0.25) is 0 Å². The van der Waals surface area contributed by atoms with Gasteiger partial charge in [0, 0.05) is 23.6 Å². The van der Waals surface area contributed by atoms with Crippen LogP contribution in [0.3, 0.4) is 0 Å². The average molecular weight is 299 g/mol. The number of morpholine rings is 1. The van der Waals surface area contributed by atoms with E-state index < -0.39 is 0 Å². The summed E-state index contributed by atoms with van der Waals surface area (Å²) in [6.45, 7) is 5.75. The number of hydrogen-bond donors (Lipinski definition) is 1. The molecule has 1 aromatic carbocycles. The minimum atomic E-state index is 0.380. The van der Waals surface area contributed by atoms with Gasteiger partial charge in [-0.25, -0.2) is 0 Å². The van der Waals surface area contributed by atoms with Crippen LogP contribution in [0.5, 0.6) is 0 Å². The summed E-state index contributed by atoms with van der Waals surface area (Å²) in [5, 5.41) is 3.25. The molecule has 1 N–H and O–H groups in total. The fraction of sp³-hybridized carbons (Fsp3) is 0.538. The SMILES string of the molecule is CNC(C)c1ccc(N2CCOCC2)c(Br)c1. The van der Waals surface area contributed by atoms with Gasteiger partial charge in [0.05, 0.1) is 18.9 Å². The first kappa shape index (κ1) is 12.9. The van der Waals surface area contributed by atoms with Crippen LogP contribution in [0.4, 0.5) is 5.69 Å². The Kier molecular flexibility index (Phi) is 4.42. The van der Waals surface area contributed by atoms with E-state index in [9.17, 15) is 0 Å². The Morgan fingerprint density at radius 1 is 1.35 bits per heavy atom. The minimum Gasteiger partial charge on any atom is -0.378 e. The van der Waals surface area contributed by atoms with Crippen molar-refractivity contribution in [2.45, 2.75) is 13.0 Å². The fourth-order valence-electron chi connectivity index (χ4n) is 2.02. The van der Waals surface area contributed by atoms with Gasteiger partial charge in [-0.3, -0.25) is 0 Å². The molecule has 1 fully saturated rings. The van der Waals surface area contributed by atoms with E-state index in [0.717, 1.165) is 26.3 Å². The summed E-state index contributed by atoms with van der Waals surface area (Å²) in [7, 11) is 1.98. The van der Waals surface area contributed by atoms with Gasteiger partial charge < -0.3 is 15.0 Å². The third-order valence-corrected chi connectivity index (χ3v) is 3.89. The van der Waals surface area contributed by atoms with Crippen LogP contribution in [0, 0.1) is 0 Å². The third-order valence-electron chi connectivity index (χ3n) is 3.26. The van der Waals surface area contributed by atoms with Gasteiger partial charge in [-0.1, -0.05) is 6.07 Å². The zero-order valence-corrected chi connectivity index (χ0v) is 12.0. The van der Waals surface area contributed by atoms with Crippen molar-refractivity contribution in [2.75, 3.05) is 38.3 Å². The molecule has 1 aromatic rings. The molecule has 17 heavy (non-hydrogen) atoms. The highest BCUT2D eigenvalue weighted by molar-refractivity contribution is 9.10. The number of hydrogen-bond acceptors (Lipinski definition) is 3. The largest absolute Gasteiger partial charge is 0.378 e. The summed E-state index contributed by atoms with van der Waals surface area (Å²) in [4.78, 5) is 2.36. The molecule has 0 bridgehead atoms. The van der Waals surface area contributed by atoms with Crippen LogP contribution in [0.2, 0.25) is 0 Å². The molecule has 0 saturated carbocycles. The van der Waals surface area contributed by atoms with E-state index in [-0.39, 0.29) is 0 Å². The molecule has 94 valence electrons. The van der Waals surface area contributed by atoms with Crippen LogP contribution in [0.25, 0.3) is 0 Å². The summed E-state index contributed by atoms with van der Waals surface area (Å²) in [5.74, 6) is 0. The van der Waals surface area contributed by atoms with Crippen LogP contribution in [0.15, 0.2) is 22.7 Å². The van der Waals surface area contributed by atoms with Crippen molar-refractivity contribution >= 4 is 21.6 Å². The molecule has 0 radical (unpaired) electrons. The Morgan fingerprint density at radius 2 is 2.06 bits per heavy atom. The summed E-state index contributed by atoms with van der Waals surface area (Å²) >= 11 is 3.67. The van der Waals surface area contributed by atoms with Crippen LogP contribution in [-0.4, -0.2) is 33.4 Å². The lowest BCUT2D eigenvalue weighted by Crippen LogP contribution is -2.36. The summed E-state index contributed by atoms with van der Waals surface area (Å²) in [6.07, 6.45) is 0. The number of ether oxygens (including phenoxy) is 1. The van der Waals surface area contributed by atoms with Crippen LogP contribution < -0.4 is 10.2 Å². The van der Waals surface area contributed by atoms with Crippen molar-refractivity contribution in [2.24, 2.45) is 0 Å². The highest BCUT2D eigenvalue weighted by atomic mass is 79.9. The molecule has 1 saturated heterocycles. The standard InChI is InChI=1S/C13H19BrN2O/c1-10(15-2)11-3-4-13(12(14)9-11)16-5-7-17-8-6-16/h3-4,9-10,15H,5-8H2,1-2H3. The summed E-state index contributed by atoms with van der Waals surface area (Å²) < 4.78 is 6.54. The molecule has 1 aliphatic rings. The molecular weight excluding hydrogens is 280 g/mol. The zero-order valence-electron chi connectivity index (χ0n) is 10.4. The minimum absolute atomic E-state index is 0.380. The molecular formula is C13H19BrN2O. The van der Waals surface area contributed by atoms with Gasteiger partial charge >= 0.3 is 0 Å². The molecule has 0 aliphatic carbocycles. The Bertz CT molecular complexity index is 378. The fourth-order valence-corrected chi connectivity index (χ4v) is 2.67. The van der Waals surface area contributed by atoms with Gasteiger partial charge in [0.25, 0.3) is 0 Å². The molecule has 1 atom stereocenters.